The average molecular weight is 249 g/mol. The van der Waals surface area contributed by atoms with E-state index in [-0.39, 0.29) is 17.9 Å². The maximum Gasteiger partial charge on any atom is 0.387 e. The molecular weight excluding hydrogens is 239 g/mol. The smallest absolute Gasteiger partial charge is 0.387 e. The van der Waals surface area contributed by atoms with Crippen LogP contribution in [0.15, 0.2) is 12.1 Å². The predicted octanol–water partition coefficient (Wildman–Crippen LogP) is 0.906. The van der Waals surface area contributed by atoms with Gasteiger partial charge < -0.3 is 21.5 Å². The van der Waals surface area contributed by atoms with Crippen LogP contribution in [0.25, 0.3) is 0 Å². The molecule has 0 saturated heterocycles. The molecule has 0 aliphatic rings. The molecule has 0 spiro atoms. The molecule has 0 saturated carbocycles. The zero-order chi connectivity index (χ0) is 13.0. The molecule has 17 heavy (non-hydrogen) atoms. The van der Waals surface area contributed by atoms with E-state index in [1.54, 1.807) is 0 Å². The molecule has 0 aromatic heterocycles. The third-order valence-corrected chi connectivity index (χ3v) is 1.77. The number of alkyl halides is 2. The minimum Gasteiger partial charge on any atom is -0.432 e. The number of hydrogen-bond donors (Lipinski definition) is 3. The van der Waals surface area contributed by atoms with Gasteiger partial charge in [0.05, 0.1) is 17.9 Å². The van der Waals surface area contributed by atoms with E-state index in [1.807, 2.05) is 0 Å². The van der Waals surface area contributed by atoms with Gasteiger partial charge in [-0.25, -0.2) is 4.39 Å². The Morgan fingerprint density at radius 2 is 2.12 bits per heavy atom. The number of carbonyl (C=O) groups excluding carboxylic acids is 1. The van der Waals surface area contributed by atoms with Crippen LogP contribution in [0.2, 0.25) is 0 Å². The minimum absolute atomic E-state index is 0.0506. The number of anilines is 2. The SMILES string of the molecule is NC(=O)CNc1cc(OC(F)F)c(F)cc1N. The van der Waals surface area contributed by atoms with Crippen molar-refractivity contribution in [2.75, 3.05) is 17.6 Å². The minimum atomic E-state index is -3.16. The van der Waals surface area contributed by atoms with Crippen LogP contribution in [0.1, 0.15) is 0 Å². The molecule has 1 rings (SSSR count). The second kappa shape index (κ2) is 5.28. The van der Waals surface area contributed by atoms with Crippen molar-refractivity contribution in [1.82, 2.24) is 0 Å². The molecule has 5 nitrogen and oxygen atoms in total. The molecule has 0 atom stereocenters. The third-order valence-electron chi connectivity index (χ3n) is 1.77. The molecule has 5 N–H and O–H groups in total. The lowest BCUT2D eigenvalue weighted by Gasteiger charge is -2.11. The molecule has 0 aliphatic heterocycles. The van der Waals surface area contributed by atoms with E-state index >= 15 is 0 Å². The van der Waals surface area contributed by atoms with E-state index < -0.39 is 24.1 Å². The predicted molar refractivity (Wildman–Crippen MR) is 55.1 cm³/mol. The molecule has 8 heteroatoms. The molecule has 0 fully saturated rings. The van der Waals surface area contributed by atoms with Gasteiger partial charge >= 0.3 is 6.61 Å². The first-order valence-corrected chi connectivity index (χ1v) is 4.46. The van der Waals surface area contributed by atoms with Gasteiger partial charge in [-0.2, -0.15) is 8.78 Å². The van der Waals surface area contributed by atoms with Crippen molar-refractivity contribution in [3.8, 4) is 5.75 Å². The number of primary amides is 1. The van der Waals surface area contributed by atoms with Gasteiger partial charge in [0, 0.05) is 12.1 Å². The van der Waals surface area contributed by atoms with E-state index in [1.165, 1.54) is 0 Å². The van der Waals surface area contributed by atoms with E-state index in [9.17, 15) is 18.0 Å². The molecule has 0 bridgehead atoms. The van der Waals surface area contributed by atoms with Gasteiger partial charge in [-0.15, -0.1) is 0 Å². The molecule has 0 heterocycles. The van der Waals surface area contributed by atoms with Crippen molar-refractivity contribution in [1.29, 1.82) is 0 Å². The van der Waals surface area contributed by atoms with Crippen LogP contribution in [0.4, 0.5) is 24.5 Å². The van der Waals surface area contributed by atoms with Crippen LogP contribution in [0.5, 0.6) is 5.75 Å². The number of hydrogen-bond acceptors (Lipinski definition) is 4. The lowest BCUT2D eigenvalue weighted by atomic mass is 10.2. The van der Waals surface area contributed by atoms with Crippen LogP contribution in [0, 0.1) is 5.82 Å². The van der Waals surface area contributed by atoms with Crippen LogP contribution >= 0.6 is 0 Å². The van der Waals surface area contributed by atoms with E-state index in [4.69, 9.17) is 11.5 Å². The summed E-state index contributed by atoms with van der Waals surface area (Å²) >= 11 is 0. The summed E-state index contributed by atoms with van der Waals surface area (Å²) in [6, 6.07) is 1.74. The zero-order valence-electron chi connectivity index (χ0n) is 8.54. The van der Waals surface area contributed by atoms with Gasteiger partial charge in [-0.3, -0.25) is 4.79 Å². The first-order chi connectivity index (χ1) is 7.90. The summed E-state index contributed by atoms with van der Waals surface area (Å²) in [5, 5.41) is 2.46. The molecular formula is C9H10F3N3O2. The highest BCUT2D eigenvalue weighted by Crippen LogP contribution is 2.29. The van der Waals surface area contributed by atoms with Crippen molar-refractivity contribution in [3.05, 3.63) is 17.9 Å². The number of rotatable bonds is 5. The highest BCUT2D eigenvalue weighted by atomic mass is 19.3. The number of benzene rings is 1. The normalized spacial score (nSPS) is 10.4. The van der Waals surface area contributed by atoms with Crippen molar-refractivity contribution >= 4 is 17.3 Å². The Balaban J connectivity index is 2.93. The maximum absolute atomic E-state index is 13.1. The van der Waals surface area contributed by atoms with E-state index in [0.29, 0.717) is 0 Å². The van der Waals surface area contributed by atoms with Gasteiger partial charge in [0.2, 0.25) is 5.91 Å². The molecule has 0 radical (unpaired) electrons. The summed E-state index contributed by atoms with van der Waals surface area (Å²) in [4.78, 5) is 10.5. The lowest BCUT2D eigenvalue weighted by molar-refractivity contribution is -0.116. The molecule has 0 unspecified atom stereocenters. The fourth-order valence-corrected chi connectivity index (χ4v) is 1.09. The Labute approximate surface area is 94.5 Å². The Morgan fingerprint density at radius 3 is 2.65 bits per heavy atom. The Bertz CT molecular complexity index is 426. The number of halogens is 3. The number of nitrogen functional groups attached to an aromatic ring is 1. The Kier molecular flexibility index (Phi) is 4.02. The quantitative estimate of drug-likeness (QED) is 0.676. The maximum atomic E-state index is 13.1. The number of ether oxygens (including phenoxy) is 1. The zero-order valence-corrected chi connectivity index (χ0v) is 8.54. The Morgan fingerprint density at radius 1 is 1.47 bits per heavy atom. The summed E-state index contributed by atoms with van der Waals surface area (Å²) in [6.07, 6.45) is 0. The van der Waals surface area contributed by atoms with E-state index in [0.717, 1.165) is 12.1 Å². The summed E-state index contributed by atoms with van der Waals surface area (Å²) in [7, 11) is 0. The fourth-order valence-electron chi connectivity index (χ4n) is 1.09. The van der Waals surface area contributed by atoms with Crippen molar-refractivity contribution in [2.45, 2.75) is 6.61 Å². The average Bonchev–Trinajstić information content (AvgIpc) is 2.19. The Hall–Kier alpha value is -2.12. The van der Waals surface area contributed by atoms with Gasteiger partial charge in [-0.1, -0.05) is 0 Å². The first kappa shape index (κ1) is 12.9. The van der Waals surface area contributed by atoms with Crippen LogP contribution in [-0.4, -0.2) is 19.1 Å². The lowest BCUT2D eigenvalue weighted by Crippen LogP contribution is -2.22. The van der Waals surface area contributed by atoms with Crippen molar-refractivity contribution in [3.63, 3.8) is 0 Å². The summed E-state index contributed by atoms with van der Waals surface area (Å²) in [6.45, 7) is -3.42. The van der Waals surface area contributed by atoms with Crippen LogP contribution in [0.3, 0.4) is 0 Å². The second-order valence-corrected chi connectivity index (χ2v) is 3.07. The molecule has 0 aliphatic carbocycles. The molecule has 1 amide bonds. The highest BCUT2D eigenvalue weighted by Gasteiger charge is 2.13. The van der Waals surface area contributed by atoms with Crippen LogP contribution < -0.4 is 21.5 Å². The van der Waals surface area contributed by atoms with Crippen LogP contribution in [-0.2, 0) is 4.79 Å². The summed E-state index contributed by atoms with van der Waals surface area (Å²) < 4.78 is 40.9. The summed E-state index contributed by atoms with van der Waals surface area (Å²) in [5.41, 5.74) is 10.3. The fraction of sp³-hybridized carbons (Fsp3) is 0.222. The van der Waals surface area contributed by atoms with Crippen molar-refractivity contribution in [2.24, 2.45) is 5.73 Å². The molecule has 1 aromatic carbocycles. The number of nitrogens with two attached hydrogens (primary N) is 2. The van der Waals surface area contributed by atoms with Gasteiger partial charge in [0.1, 0.15) is 0 Å². The standard InChI is InChI=1S/C9H10F3N3O2/c10-4-1-5(13)6(15-3-8(14)16)2-7(4)17-9(11)12/h1-2,9,15H,3,13H2,(H2,14,16). The van der Waals surface area contributed by atoms with E-state index in [2.05, 4.69) is 10.1 Å². The highest BCUT2D eigenvalue weighted by molar-refractivity contribution is 5.81. The topological polar surface area (TPSA) is 90.4 Å². The largest absolute Gasteiger partial charge is 0.432 e. The van der Waals surface area contributed by atoms with Gasteiger partial charge in [0.15, 0.2) is 11.6 Å². The second-order valence-electron chi connectivity index (χ2n) is 3.07. The third kappa shape index (κ3) is 3.74. The monoisotopic (exact) mass is 249 g/mol. The summed E-state index contributed by atoms with van der Waals surface area (Å²) in [5.74, 6) is -2.36. The number of carbonyl (C=O) groups is 1. The molecule has 1 aromatic rings. The first-order valence-electron chi connectivity index (χ1n) is 4.46. The van der Waals surface area contributed by atoms with Gasteiger partial charge in [0.25, 0.3) is 0 Å². The molecule has 94 valence electrons. The number of amides is 1. The van der Waals surface area contributed by atoms with Gasteiger partial charge in [-0.05, 0) is 0 Å². The van der Waals surface area contributed by atoms with Crippen molar-refractivity contribution < 1.29 is 22.7 Å². The number of nitrogens with one attached hydrogen (secondary N) is 1.